The summed E-state index contributed by atoms with van der Waals surface area (Å²) in [6.45, 7) is 0.699. The van der Waals surface area contributed by atoms with E-state index in [9.17, 15) is 0 Å². The Kier molecular flexibility index (Phi) is 3.88. The lowest BCUT2D eigenvalue weighted by Gasteiger charge is -2.07. The van der Waals surface area contributed by atoms with Crippen LogP contribution in [0.5, 0.6) is 5.75 Å². The number of hydrogen-bond donors (Lipinski definition) is 1. The van der Waals surface area contributed by atoms with Crippen LogP contribution in [-0.2, 0) is 6.54 Å². The summed E-state index contributed by atoms with van der Waals surface area (Å²) in [6, 6.07) is 14.0. The zero-order chi connectivity index (χ0) is 16.4. The van der Waals surface area contributed by atoms with Gasteiger partial charge in [-0.1, -0.05) is 12.1 Å². The molecule has 0 radical (unpaired) electrons. The van der Waals surface area contributed by atoms with Gasteiger partial charge < -0.3 is 10.1 Å². The van der Waals surface area contributed by atoms with E-state index >= 15 is 0 Å². The third kappa shape index (κ3) is 2.83. The van der Waals surface area contributed by atoms with Crippen LogP contribution in [0.1, 0.15) is 5.56 Å². The van der Waals surface area contributed by atoms with Gasteiger partial charge in [0.15, 0.2) is 5.65 Å². The van der Waals surface area contributed by atoms with E-state index in [1.165, 1.54) is 5.56 Å². The van der Waals surface area contributed by atoms with Gasteiger partial charge in [-0.2, -0.15) is 11.3 Å². The molecule has 0 unspecified atom stereocenters. The molecule has 0 amide bonds. The number of fused-ring (bicyclic) bond motifs is 1. The first kappa shape index (κ1) is 14.7. The van der Waals surface area contributed by atoms with E-state index in [0.29, 0.717) is 6.54 Å². The molecule has 0 spiro atoms. The summed E-state index contributed by atoms with van der Waals surface area (Å²) in [5.74, 6) is 1.67. The van der Waals surface area contributed by atoms with Crippen LogP contribution in [0, 0.1) is 0 Å². The molecule has 24 heavy (non-hydrogen) atoms. The van der Waals surface area contributed by atoms with Gasteiger partial charge in [-0.3, -0.25) is 0 Å². The lowest BCUT2D eigenvalue weighted by Crippen LogP contribution is -2.04. The highest BCUT2D eigenvalue weighted by molar-refractivity contribution is 7.08. The zero-order valence-electron chi connectivity index (χ0n) is 13.1. The molecule has 0 fully saturated rings. The van der Waals surface area contributed by atoms with Gasteiger partial charge in [-0.25, -0.2) is 9.50 Å². The molecule has 0 aliphatic rings. The fourth-order valence-electron chi connectivity index (χ4n) is 2.51. The molecule has 0 aliphatic carbocycles. The molecule has 0 saturated carbocycles. The van der Waals surface area contributed by atoms with Gasteiger partial charge in [0.2, 0.25) is 0 Å². The fourth-order valence-corrected chi connectivity index (χ4v) is 3.16. The second-order valence-electron chi connectivity index (χ2n) is 5.35. The van der Waals surface area contributed by atoms with Crippen LogP contribution in [0.15, 0.2) is 59.4 Å². The molecule has 1 N–H and O–H groups in total. The second kappa shape index (κ2) is 6.33. The summed E-state index contributed by atoms with van der Waals surface area (Å²) in [6.07, 6.45) is 1.86. The van der Waals surface area contributed by atoms with Crippen LogP contribution in [0.3, 0.4) is 0 Å². The largest absolute Gasteiger partial charge is 0.497 e. The molecule has 0 saturated heterocycles. The third-order valence-electron chi connectivity index (χ3n) is 3.81. The Morgan fingerprint density at radius 2 is 2.00 bits per heavy atom. The summed E-state index contributed by atoms with van der Waals surface area (Å²) >= 11 is 1.67. The van der Waals surface area contributed by atoms with Crippen LogP contribution in [0.4, 0.5) is 5.82 Å². The van der Waals surface area contributed by atoms with Crippen LogP contribution in [-0.4, -0.2) is 21.7 Å². The van der Waals surface area contributed by atoms with Crippen LogP contribution in [0.2, 0.25) is 0 Å². The molecule has 0 atom stereocenters. The first-order valence-corrected chi connectivity index (χ1v) is 8.52. The lowest BCUT2D eigenvalue weighted by molar-refractivity contribution is 0.414. The quantitative estimate of drug-likeness (QED) is 0.597. The Labute approximate surface area is 143 Å². The fraction of sp³-hybridized carbons (Fsp3) is 0.111. The molecule has 0 bridgehead atoms. The Balaban J connectivity index is 1.57. The third-order valence-corrected chi connectivity index (χ3v) is 4.50. The maximum absolute atomic E-state index is 5.18. The van der Waals surface area contributed by atoms with Crippen molar-refractivity contribution in [2.75, 3.05) is 12.4 Å². The molecule has 5 nitrogen and oxygen atoms in total. The molecule has 6 heteroatoms. The maximum atomic E-state index is 5.18. The van der Waals surface area contributed by atoms with Crippen molar-refractivity contribution in [3.8, 4) is 17.0 Å². The highest BCUT2D eigenvalue weighted by atomic mass is 32.1. The van der Waals surface area contributed by atoms with Gasteiger partial charge in [0.1, 0.15) is 11.6 Å². The topological polar surface area (TPSA) is 51.5 Å². The predicted molar refractivity (Wildman–Crippen MR) is 96.6 cm³/mol. The number of aromatic nitrogens is 3. The van der Waals surface area contributed by atoms with Crippen LogP contribution < -0.4 is 10.1 Å². The summed E-state index contributed by atoms with van der Waals surface area (Å²) in [7, 11) is 1.67. The number of nitrogens with zero attached hydrogens (tertiary/aromatic N) is 3. The molecule has 4 aromatic rings. The van der Waals surface area contributed by atoms with E-state index in [4.69, 9.17) is 4.74 Å². The first-order valence-electron chi connectivity index (χ1n) is 7.57. The van der Waals surface area contributed by atoms with E-state index in [2.05, 4.69) is 32.2 Å². The van der Waals surface area contributed by atoms with Crippen molar-refractivity contribution in [2.24, 2.45) is 0 Å². The van der Waals surface area contributed by atoms with E-state index in [1.807, 2.05) is 47.1 Å². The maximum Gasteiger partial charge on any atom is 0.154 e. The van der Waals surface area contributed by atoms with Gasteiger partial charge in [-0.05, 0) is 41.3 Å². The summed E-state index contributed by atoms with van der Waals surface area (Å²) in [5, 5.41) is 12.2. The average Bonchev–Trinajstić information content (AvgIpc) is 3.29. The Hall–Kier alpha value is -2.86. The Morgan fingerprint density at radius 3 is 2.75 bits per heavy atom. The average molecular weight is 336 g/mol. The van der Waals surface area contributed by atoms with Crippen molar-refractivity contribution >= 4 is 22.8 Å². The summed E-state index contributed by atoms with van der Waals surface area (Å²) in [4.78, 5) is 4.42. The number of rotatable bonds is 5. The van der Waals surface area contributed by atoms with Crippen LogP contribution >= 0.6 is 11.3 Å². The minimum absolute atomic E-state index is 0.699. The smallest absolute Gasteiger partial charge is 0.154 e. The van der Waals surface area contributed by atoms with E-state index in [1.54, 1.807) is 18.4 Å². The molecular formula is C18H16N4OS. The van der Waals surface area contributed by atoms with Gasteiger partial charge in [0.25, 0.3) is 0 Å². The summed E-state index contributed by atoms with van der Waals surface area (Å²) < 4.78 is 7.05. The minimum atomic E-state index is 0.699. The van der Waals surface area contributed by atoms with Crippen molar-refractivity contribution in [3.05, 3.63) is 65.0 Å². The van der Waals surface area contributed by atoms with Crippen molar-refractivity contribution in [2.45, 2.75) is 6.54 Å². The standard InChI is InChI=1S/C18H16N4OS/c1-23-15-4-2-13(3-5-15)10-19-17-6-7-18-20-11-16(22(18)21-17)14-8-9-24-12-14/h2-9,11-12H,10H2,1H3,(H,19,21). The van der Waals surface area contributed by atoms with Gasteiger partial charge in [-0.15, -0.1) is 5.10 Å². The minimum Gasteiger partial charge on any atom is -0.497 e. The number of methoxy groups -OCH3 is 1. The lowest BCUT2D eigenvalue weighted by atomic mass is 10.2. The number of benzene rings is 1. The molecule has 1 aromatic carbocycles. The number of imidazole rings is 1. The molecule has 3 heterocycles. The Bertz CT molecular complexity index is 945. The van der Waals surface area contributed by atoms with Crippen LogP contribution in [0.25, 0.3) is 16.9 Å². The number of ether oxygens (including phenoxy) is 1. The van der Waals surface area contributed by atoms with E-state index in [0.717, 1.165) is 28.5 Å². The SMILES string of the molecule is COc1ccc(CNc2ccc3ncc(-c4ccsc4)n3n2)cc1. The molecule has 120 valence electrons. The normalized spacial score (nSPS) is 10.9. The van der Waals surface area contributed by atoms with Crippen molar-refractivity contribution in [1.29, 1.82) is 0 Å². The molecule has 4 rings (SSSR count). The first-order chi connectivity index (χ1) is 11.8. The second-order valence-corrected chi connectivity index (χ2v) is 6.13. The number of hydrogen-bond acceptors (Lipinski definition) is 5. The number of thiophene rings is 1. The van der Waals surface area contributed by atoms with E-state index < -0.39 is 0 Å². The van der Waals surface area contributed by atoms with Crippen molar-refractivity contribution < 1.29 is 4.74 Å². The molecule has 0 aliphatic heterocycles. The highest BCUT2D eigenvalue weighted by Gasteiger charge is 2.08. The van der Waals surface area contributed by atoms with Gasteiger partial charge in [0.05, 0.1) is 19.0 Å². The number of anilines is 1. The Morgan fingerprint density at radius 1 is 1.12 bits per heavy atom. The van der Waals surface area contributed by atoms with E-state index in [-0.39, 0.29) is 0 Å². The van der Waals surface area contributed by atoms with Gasteiger partial charge >= 0.3 is 0 Å². The monoisotopic (exact) mass is 336 g/mol. The molecular weight excluding hydrogens is 320 g/mol. The summed E-state index contributed by atoms with van der Waals surface area (Å²) in [5.41, 5.74) is 4.14. The van der Waals surface area contributed by atoms with Crippen molar-refractivity contribution in [1.82, 2.24) is 14.6 Å². The molecule has 3 aromatic heterocycles. The zero-order valence-corrected chi connectivity index (χ0v) is 14.0. The number of nitrogens with one attached hydrogen (secondary N) is 1. The highest BCUT2D eigenvalue weighted by Crippen LogP contribution is 2.23. The predicted octanol–water partition coefficient (Wildman–Crippen LogP) is 4.08. The van der Waals surface area contributed by atoms with Crippen molar-refractivity contribution in [3.63, 3.8) is 0 Å². The van der Waals surface area contributed by atoms with Gasteiger partial charge in [0, 0.05) is 17.5 Å².